The molecule has 0 spiro atoms. The lowest BCUT2D eigenvalue weighted by atomic mass is 9.96. The van der Waals surface area contributed by atoms with Crippen LogP contribution in [0, 0.1) is 0 Å². The van der Waals surface area contributed by atoms with Gasteiger partial charge in [0.25, 0.3) is 5.56 Å². The molecule has 2 heterocycles. The predicted molar refractivity (Wildman–Crippen MR) is 83.7 cm³/mol. The highest BCUT2D eigenvalue weighted by Gasteiger charge is 2.25. The second-order valence-electron chi connectivity index (χ2n) is 5.88. The van der Waals surface area contributed by atoms with E-state index in [0.717, 1.165) is 19.4 Å². The molecule has 1 fully saturated rings. The average Bonchev–Trinajstić information content (AvgIpc) is 2.53. The zero-order chi connectivity index (χ0) is 15.5. The minimum Gasteiger partial charge on any atom is -0.392 e. The van der Waals surface area contributed by atoms with Crippen LogP contribution in [0.2, 0.25) is 0 Å². The number of hydrogen-bond donors (Lipinski definition) is 3. The molecule has 0 aliphatic carbocycles. The first kappa shape index (κ1) is 15.1. The molecule has 1 saturated heterocycles. The maximum atomic E-state index is 12.4. The summed E-state index contributed by atoms with van der Waals surface area (Å²) in [5, 5.41) is 23.9. The number of hydrogen-bond acceptors (Lipinski definition) is 5. The molecule has 3 N–H and O–H groups in total. The van der Waals surface area contributed by atoms with Crippen molar-refractivity contribution in [3.63, 3.8) is 0 Å². The Morgan fingerprint density at radius 1 is 1.41 bits per heavy atom. The summed E-state index contributed by atoms with van der Waals surface area (Å²) in [6.07, 6.45) is 2.45. The van der Waals surface area contributed by atoms with E-state index in [0.29, 0.717) is 17.3 Å². The lowest BCUT2D eigenvalue weighted by molar-refractivity contribution is 0.0539. The van der Waals surface area contributed by atoms with E-state index in [4.69, 9.17) is 0 Å². The van der Waals surface area contributed by atoms with Crippen molar-refractivity contribution >= 4 is 10.9 Å². The van der Waals surface area contributed by atoms with Crippen LogP contribution in [0.15, 0.2) is 35.4 Å². The molecular weight excluding hydrogens is 282 g/mol. The predicted octanol–water partition coefficient (Wildman–Crippen LogP) is 0.260. The number of rotatable bonds is 4. The fourth-order valence-corrected chi connectivity index (χ4v) is 3.01. The van der Waals surface area contributed by atoms with Gasteiger partial charge in [0.15, 0.2) is 0 Å². The molecule has 1 aromatic heterocycles. The van der Waals surface area contributed by atoms with E-state index in [-0.39, 0.29) is 18.1 Å². The topological polar surface area (TPSA) is 87.4 Å². The van der Waals surface area contributed by atoms with Crippen molar-refractivity contribution < 1.29 is 10.2 Å². The van der Waals surface area contributed by atoms with Gasteiger partial charge < -0.3 is 15.5 Å². The molecule has 6 nitrogen and oxygen atoms in total. The van der Waals surface area contributed by atoms with Gasteiger partial charge in [-0.3, -0.25) is 9.36 Å². The first-order valence-corrected chi connectivity index (χ1v) is 7.69. The number of piperidine rings is 1. The average molecular weight is 303 g/mol. The fraction of sp³-hybridized carbons (Fsp3) is 0.500. The van der Waals surface area contributed by atoms with Gasteiger partial charge in [0.1, 0.15) is 0 Å². The zero-order valence-corrected chi connectivity index (χ0v) is 12.4. The smallest absolute Gasteiger partial charge is 0.261 e. The highest BCUT2D eigenvalue weighted by atomic mass is 16.3. The van der Waals surface area contributed by atoms with Crippen molar-refractivity contribution in [1.29, 1.82) is 0 Å². The molecule has 0 saturated carbocycles. The van der Waals surface area contributed by atoms with Crippen LogP contribution in [0.3, 0.4) is 0 Å². The number of aliphatic hydroxyl groups is 2. The summed E-state index contributed by atoms with van der Waals surface area (Å²) in [7, 11) is 0. The monoisotopic (exact) mass is 303 g/mol. The number of fused-ring (bicyclic) bond motifs is 1. The van der Waals surface area contributed by atoms with Gasteiger partial charge >= 0.3 is 0 Å². The molecule has 0 radical (unpaired) electrons. The largest absolute Gasteiger partial charge is 0.392 e. The minimum atomic E-state index is -0.703. The molecule has 3 atom stereocenters. The Morgan fingerprint density at radius 2 is 2.23 bits per heavy atom. The Kier molecular flexibility index (Phi) is 4.52. The lowest BCUT2D eigenvalue weighted by Crippen LogP contribution is -2.47. The summed E-state index contributed by atoms with van der Waals surface area (Å²) in [5.74, 6) is 0. The molecule has 22 heavy (non-hydrogen) atoms. The van der Waals surface area contributed by atoms with Gasteiger partial charge in [-0.1, -0.05) is 12.1 Å². The normalized spacial score (nSPS) is 23.5. The molecular formula is C16H21N3O3. The molecule has 2 aromatic rings. The number of benzene rings is 1. The third kappa shape index (κ3) is 3.19. The molecule has 0 bridgehead atoms. The molecule has 1 unspecified atom stereocenters. The van der Waals surface area contributed by atoms with Crippen molar-refractivity contribution in [1.82, 2.24) is 14.9 Å². The van der Waals surface area contributed by atoms with E-state index < -0.39 is 12.2 Å². The maximum absolute atomic E-state index is 12.4. The quantitative estimate of drug-likeness (QED) is 0.754. The molecule has 6 heteroatoms. The van der Waals surface area contributed by atoms with Crippen LogP contribution in [-0.2, 0) is 6.54 Å². The SMILES string of the molecule is O=c1c2ccccc2ncn1C[C@@H](O)CC1NCCC[C@@H]1O. The Bertz CT molecular complexity index is 700. The lowest BCUT2D eigenvalue weighted by Gasteiger charge is -2.30. The van der Waals surface area contributed by atoms with Crippen molar-refractivity contribution in [2.24, 2.45) is 0 Å². The van der Waals surface area contributed by atoms with Crippen molar-refractivity contribution in [3.8, 4) is 0 Å². The molecule has 3 rings (SSSR count). The van der Waals surface area contributed by atoms with Crippen molar-refractivity contribution in [3.05, 3.63) is 40.9 Å². The summed E-state index contributed by atoms with van der Waals surface area (Å²) in [4.78, 5) is 16.6. The fourth-order valence-electron chi connectivity index (χ4n) is 3.01. The van der Waals surface area contributed by atoms with Gasteiger partial charge in [0, 0.05) is 6.04 Å². The first-order valence-electron chi connectivity index (χ1n) is 7.69. The van der Waals surface area contributed by atoms with Gasteiger partial charge in [-0.05, 0) is 37.9 Å². The summed E-state index contributed by atoms with van der Waals surface area (Å²) in [6.45, 7) is 1.04. The van der Waals surface area contributed by atoms with Gasteiger partial charge in [-0.25, -0.2) is 4.98 Å². The van der Waals surface area contributed by atoms with Gasteiger partial charge in [0.05, 0.1) is 36.0 Å². The van der Waals surface area contributed by atoms with Gasteiger partial charge in [0.2, 0.25) is 0 Å². The van der Waals surface area contributed by atoms with E-state index >= 15 is 0 Å². The number of aromatic nitrogens is 2. The van der Waals surface area contributed by atoms with E-state index in [9.17, 15) is 15.0 Å². The van der Waals surface area contributed by atoms with E-state index in [1.165, 1.54) is 10.9 Å². The summed E-state index contributed by atoms with van der Waals surface area (Å²) < 4.78 is 1.43. The Hall–Kier alpha value is -1.76. The number of nitrogens with zero attached hydrogens (tertiary/aromatic N) is 2. The summed E-state index contributed by atoms with van der Waals surface area (Å²) >= 11 is 0. The first-order chi connectivity index (χ1) is 10.6. The Morgan fingerprint density at radius 3 is 3.05 bits per heavy atom. The number of nitrogens with one attached hydrogen (secondary N) is 1. The number of aliphatic hydroxyl groups excluding tert-OH is 2. The third-order valence-corrected chi connectivity index (χ3v) is 4.21. The third-order valence-electron chi connectivity index (χ3n) is 4.21. The summed E-state index contributed by atoms with van der Waals surface area (Å²) in [6, 6.07) is 7.05. The highest BCUT2D eigenvalue weighted by Crippen LogP contribution is 2.14. The highest BCUT2D eigenvalue weighted by molar-refractivity contribution is 5.76. The summed E-state index contributed by atoms with van der Waals surface area (Å²) in [5.41, 5.74) is 0.504. The van der Waals surface area contributed by atoms with Crippen LogP contribution in [0.5, 0.6) is 0 Å². The van der Waals surface area contributed by atoms with Crippen LogP contribution in [-0.4, -0.2) is 44.6 Å². The van der Waals surface area contributed by atoms with Crippen LogP contribution in [0.1, 0.15) is 19.3 Å². The molecule has 1 aliphatic rings. The van der Waals surface area contributed by atoms with E-state index in [1.807, 2.05) is 6.07 Å². The second-order valence-corrected chi connectivity index (χ2v) is 5.88. The van der Waals surface area contributed by atoms with Gasteiger partial charge in [-0.2, -0.15) is 0 Å². The molecule has 1 aliphatic heterocycles. The van der Waals surface area contributed by atoms with E-state index in [1.54, 1.807) is 18.2 Å². The maximum Gasteiger partial charge on any atom is 0.261 e. The standard InChI is InChI=1S/C16H21N3O3/c20-11(8-14-15(21)6-3-7-17-14)9-19-10-18-13-5-2-1-4-12(13)16(19)22/h1-2,4-5,10-11,14-15,17,20-21H,3,6-9H2/t11-,14?,15-/m0/s1. The minimum absolute atomic E-state index is 0.118. The van der Waals surface area contributed by atoms with Crippen LogP contribution < -0.4 is 10.9 Å². The van der Waals surface area contributed by atoms with Crippen LogP contribution in [0.25, 0.3) is 10.9 Å². The second kappa shape index (κ2) is 6.56. The Labute approximate surface area is 128 Å². The molecule has 1 aromatic carbocycles. The zero-order valence-electron chi connectivity index (χ0n) is 12.4. The van der Waals surface area contributed by atoms with Crippen molar-refractivity contribution in [2.45, 2.75) is 44.1 Å². The molecule has 0 amide bonds. The molecule has 118 valence electrons. The van der Waals surface area contributed by atoms with Gasteiger partial charge in [-0.15, -0.1) is 0 Å². The number of para-hydroxylation sites is 1. The van der Waals surface area contributed by atoms with Crippen molar-refractivity contribution in [2.75, 3.05) is 6.54 Å². The van der Waals surface area contributed by atoms with Crippen LogP contribution in [0.4, 0.5) is 0 Å². The van der Waals surface area contributed by atoms with Crippen LogP contribution >= 0.6 is 0 Å². The Balaban J connectivity index is 1.72. The van der Waals surface area contributed by atoms with E-state index in [2.05, 4.69) is 10.3 Å².